The van der Waals surface area contributed by atoms with Crippen molar-refractivity contribution >= 4 is 10.0 Å². The number of halogens is 1. The molecule has 1 aliphatic rings. The maximum Gasteiger partial charge on any atom is 0.263 e. The number of hydrogen-bond acceptors (Lipinski definition) is 5. The van der Waals surface area contributed by atoms with Crippen LogP contribution in [0.1, 0.15) is 0 Å². The summed E-state index contributed by atoms with van der Waals surface area (Å²) >= 11 is 0. The van der Waals surface area contributed by atoms with Gasteiger partial charge in [-0.05, 0) is 12.1 Å². The molecule has 1 saturated heterocycles. The van der Waals surface area contributed by atoms with Crippen molar-refractivity contribution in [3.05, 3.63) is 24.1 Å². The Morgan fingerprint density at radius 3 is 2.37 bits per heavy atom. The first kappa shape index (κ1) is 14.3. The maximum absolute atomic E-state index is 13.6. The van der Waals surface area contributed by atoms with Crippen LogP contribution in [0.25, 0.3) is 0 Å². The highest BCUT2D eigenvalue weighted by Crippen LogP contribution is 2.24. The minimum absolute atomic E-state index is 0.118. The van der Waals surface area contributed by atoms with Gasteiger partial charge in [0.1, 0.15) is 0 Å². The molecule has 0 bridgehead atoms. The van der Waals surface area contributed by atoms with Gasteiger partial charge in [-0.1, -0.05) is 0 Å². The molecule has 2 rings (SSSR count). The van der Waals surface area contributed by atoms with Gasteiger partial charge in [0.15, 0.2) is 5.82 Å². The summed E-state index contributed by atoms with van der Waals surface area (Å²) in [6.07, 6.45) is 0.506. The molecular formula is C11H15FN2O4S. The van der Waals surface area contributed by atoms with Gasteiger partial charge in [-0.25, -0.2) is 17.8 Å². The fourth-order valence-electron chi connectivity index (χ4n) is 2.04. The Labute approximate surface area is 111 Å². The summed E-state index contributed by atoms with van der Waals surface area (Å²) < 4.78 is 49.6. The van der Waals surface area contributed by atoms with E-state index in [0.717, 1.165) is 10.4 Å². The molecule has 0 aromatic carbocycles. The van der Waals surface area contributed by atoms with Crippen molar-refractivity contribution in [3.8, 4) is 0 Å². The number of aromatic nitrogens is 1. The third kappa shape index (κ3) is 2.62. The third-order valence-electron chi connectivity index (χ3n) is 3.10. The average molecular weight is 290 g/mol. The molecule has 0 radical (unpaired) electrons. The second-order valence-corrected chi connectivity index (χ2v) is 6.01. The van der Waals surface area contributed by atoms with Crippen molar-refractivity contribution in [3.63, 3.8) is 0 Å². The minimum atomic E-state index is -3.97. The summed E-state index contributed by atoms with van der Waals surface area (Å²) in [5, 5.41) is -0.568. The number of rotatable bonds is 4. The first-order chi connectivity index (χ1) is 9.00. The molecule has 2 heterocycles. The molecular weight excluding hydrogens is 275 g/mol. The van der Waals surface area contributed by atoms with E-state index in [2.05, 4.69) is 4.98 Å². The van der Waals surface area contributed by atoms with Crippen LogP contribution in [0.2, 0.25) is 0 Å². The Kier molecular flexibility index (Phi) is 4.14. The monoisotopic (exact) mass is 290 g/mol. The van der Waals surface area contributed by atoms with Crippen LogP contribution in [0.5, 0.6) is 0 Å². The third-order valence-corrected chi connectivity index (χ3v) is 4.86. The van der Waals surface area contributed by atoms with E-state index in [9.17, 15) is 12.8 Å². The molecule has 19 heavy (non-hydrogen) atoms. The van der Waals surface area contributed by atoms with Crippen molar-refractivity contribution in [1.82, 2.24) is 9.29 Å². The van der Waals surface area contributed by atoms with Gasteiger partial charge in [0, 0.05) is 33.5 Å². The summed E-state index contributed by atoms with van der Waals surface area (Å²) in [5.41, 5.74) is 0. The van der Waals surface area contributed by atoms with Crippen molar-refractivity contribution in [2.45, 2.75) is 17.2 Å². The maximum atomic E-state index is 13.6. The van der Waals surface area contributed by atoms with Gasteiger partial charge in [0.2, 0.25) is 5.03 Å². The summed E-state index contributed by atoms with van der Waals surface area (Å²) in [5.74, 6) is -0.864. The second-order valence-electron chi connectivity index (χ2n) is 4.16. The molecule has 0 amide bonds. The first-order valence-corrected chi connectivity index (χ1v) is 7.11. The summed E-state index contributed by atoms with van der Waals surface area (Å²) in [6, 6.07) is 2.41. The van der Waals surface area contributed by atoms with Crippen molar-refractivity contribution in [1.29, 1.82) is 0 Å². The lowest BCUT2D eigenvalue weighted by Crippen LogP contribution is -2.31. The number of ether oxygens (including phenoxy) is 2. The molecule has 0 aliphatic carbocycles. The predicted octanol–water partition coefficient (Wildman–Crippen LogP) is 0.255. The van der Waals surface area contributed by atoms with Gasteiger partial charge in [0.25, 0.3) is 10.0 Å². The number of methoxy groups -OCH3 is 2. The molecule has 8 heteroatoms. The summed E-state index contributed by atoms with van der Waals surface area (Å²) in [7, 11) is -1.01. The van der Waals surface area contributed by atoms with Crippen LogP contribution >= 0.6 is 0 Å². The fourth-order valence-corrected chi connectivity index (χ4v) is 3.48. The zero-order valence-corrected chi connectivity index (χ0v) is 11.4. The number of hydrogen-bond donors (Lipinski definition) is 0. The second kappa shape index (κ2) is 5.49. The van der Waals surface area contributed by atoms with Gasteiger partial charge in [-0.15, -0.1) is 0 Å². The Bertz CT molecular complexity index is 539. The van der Waals surface area contributed by atoms with E-state index in [0.29, 0.717) is 0 Å². The Hall–Kier alpha value is -1.09. The average Bonchev–Trinajstić information content (AvgIpc) is 2.83. The van der Waals surface area contributed by atoms with E-state index in [1.165, 1.54) is 26.5 Å². The highest BCUT2D eigenvalue weighted by Gasteiger charge is 2.41. The molecule has 2 atom stereocenters. The van der Waals surface area contributed by atoms with Crippen LogP contribution in [0.4, 0.5) is 4.39 Å². The molecule has 1 aliphatic heterocycles. The van der Waals surface area contributed by atoms with Crippen LogP contribution in [0.3, 0.4) is 0 Å². The van der Waals surface area contributed by atoms with E-state index in [1.807, 2.05) is 0 Å². The lowest BCUT2D eigenvalue weighted by Gasteiger charge is -2.15. The van der Waals surface area contributed by atoms with Gasteiger partial charge in [-0.2, -0.15) is 4.31 Å². The number of pyridine rings is 1. The Morgan fingerprint density at radius 1 is 1.32 bits per heavy atom. The van der Waals surface area contributed by atoms with E-state index in [1.54, 1.807) is 0 Å². The quantitative estimate of drug-likeness (QED) is 0.795. The van der Waals surface area contributed by atoms with Gasteiger partial charge < -0.3 is 9.47 Å². The molecule has 106 valence electrons. The van der Waals surface area contributed by atoms with Crippen LogP contribution in [-0.2, 0) is 19.5 Å². The lowest BCUT2D eigenvalue weighted by atomic mass is 10.3. The smallest absolute Gasteiger partial charge is 0.263 e. The van der Waals surface area contributed by atoms with Crippen LogP contribution in [-0.4, -0.2) is 57.2 Å². The zero-order chi connectivity index (χ0) is 14.0. The zero-order valence-electron chi connectivity index (χ0n) is 10.6. The molecule has 6 nitrogen and oxygen atoms in total. The van der Waals surface area contributed by atoms with Gasteiger partial charge >= 0.3 is 0 Å². The predicted molar refractivity (Wildman–Crippen MR) is 64.5 cm³/mol. The standard InChI is InChI=1S/C11H15FN2O4S/c1-17-9-6-14(7-10(9)18-2)19(15,16)11-8(12)4-3-5-13-11/h3-5,9-10H,6-7H2,1-2H3. The lowest BCUT2D eigenvalue weighted by molar-refractivity contribution is -0.00461. The largest absolute Gasteiger partial charge is 0.377 e. The fraction of sp³-hybridized carbons (Fsp3) is 0.545. The number of sulfonamides is 1. The van der Waals surface area contributed by atoms with E-state index in [-0.39, 0.29) is 25.3 Å². The minimum Gasteiger partial charge on any atom is -0.377 e. The summed E-state index contributed by atoms with van der Waals surface area (Å²) in [4.78, 5) is 3.61. The van der Waals surface area contributed by atoms with Crippen LogP contribution in [0.15, 0.2) is 23.4 Å². The molecule has 0 saturated carbocycles. The highest BCUT2D eigenvalue weighted by molar-refractivity contribution is 7.89. The van der Waals surface area contributed by atoms with Gasteiger partial charge in [-0.3, -0.25) is 0 Å². The van der Waals surface area contributed by atoms with Crippen molar-refractivity contribution < 1.29 is 22.3 Å². The molecule has 0 spiro atoms. The molecule has 1 aromatic rings. The Morgan fingerprint density at radius 2 is 1.89 bits per heavy atom. The SMILES string of the molecule is COC1CN(S(=O)(=O)c2ncccc2F)CC1OC. The summed E-state index contributed by atoms with van der Waals surface area (Å²) in [6.45, 7) is 0.237. The van der Waals surface area contributed by atoms with Gasteiger partial charge in [0.05, 0.1) is 12.2 Å². The van der Waals surface area contributed by atoms with E-state index in [4.69, 9.17) is 9.47 Å². The topological polar surface area (TPSA) is 68.7 Å². The van der Waals surface area contributed by atoms with E-state index < -0.39 is 20.9 Å². The normalized spacial score (nSPS) is 24.8. The molecule has 1 aromatic heterocycles. The van der Waals surface area contributed by atoms with Crippen LogP contribution in [0, 0.1) is 5.82 Å². The molecule has 2 unspecified atom stereocenters. The first-order valence-electron chi connectivity index (χ1n) is 5.67. The molecule has 0 N–H and O–H groups in total. The number of nitrogens with zero attached hydrogens (tertiary/aromatic N) is 2. The van der Waals surface area contributed by atoms with E-state index >= 15 is 0 Å². The van der Waals surface area contributed by atoms with Crippen molar-refractivity contribution in [2.75, 3.05) is 27.3 Å². The van der Waals surface area contributed by atoms with Crippen LogP contribution < -0.4 is 0 Å². The van der Waals surface area contributed by atoms with Crippen molar-refractivity contribution in [2.24, 2.45) is 0 Å². The highest BCUT2D eigenvalue weighted by atomic mass is 32.2. The molecule has 1 fully saturated rings. The Balaban J connectivity index is 2.30.